The van der Waals surface area contributed by atoms with Crippen LogP contribution in [0.5, 0.6) is 0 Å². The van der Waals surface area contributed by atoms with E-state index in [1.807, 2.05) is 5.32 Å². The molecule has 2 aromatic rings. The van der Waals surface area contributed by atoms with Gasteiger partial charge in [-0.2, -0.15) is 0 Å². The molecule has 0 radical (unpaired) electrons. The number of carbonyl (C=O) groups excluding carboxylic acids is 2. The maximum Gasteiger partial charge on any atom is 0.273 e. The first-order valence-electron chi connectivity index (χ1n) is 10.6. The van der Waals surface area contributed by atoms with Crippen molar-refractivity contribution in [3.8, 4) is 0 Å². The fourth-order valence-electron chi connectivity index (χ4n) is 3.47. The molecule has 1 aromatic carbocycles. The van der Waals surface area contributed by atoms with Gasteiger partial charge >= 0.3 is 0 Å². The number of aromatic nitrogens is 2. The van der Waals surface area contributed by atoms with E-state index in [4.69, 9.17) is 15.7 Å². The average Bonchev–Trinajstić information content (AvgIpc) is 3.60. The molecule has 1 spiro atoms. The van der Waals surface area contributed by atoms with Gasteiger partial charge in [-0.05, 0) is 42.9 Å². The van der Waals surface area contributed by atoms with Crippen molar-refractivity contribution in [3.63, 3.8) is 0 Å². The maximum absolute atomic E-state index is 12.5. The van der Waals surface area contributed by atoms with E-state index in [9.17, 15) is 18.0 Å². The molecule has 30 heavy (non-hydrogen) atoms. The van der Waals surface area contributed by atoms with Crippen LogP contribution in [-0.2, 0) is 14.6 Å². The number of carbonyl (C=O) groups is 2. The van der Waals surface area contributed by atoms with Crippen LogP contribution in [0, 0.1) is 11.3 Å². The Bertz CT molecular complexity index is 1260. The molecule has 0 unspecified atom stereocenters. The Morgan fingerprint density at radius 1 is 1.23 bits per heavy atom. The van der Waals surface area contributed by atoms with Gasteiger partial charge in [0.15, 0.2) is 21.3 Å². The summed E-state index contributed by atoms with van der Waals surface area (Å²) in [6, 6.07) is 5.37. The van der Waals surface area contributed by atoms with Crippen molar-refractivity contribution < 1.29 is 22.1 Å². The average molecular weight is 453 g/mol. The molecule has 2 fully saturated rings. The lowest BCUT2D eigenvalue weighted by atomic mass is 10.2. The minimum atomic E-state index is -3.72. The number of sulfone groups is 1. The molecule has 1 heterocycles. The number of hydrogen-bond donors (Lipinski definition) is 3. The van der Waals surface area contributed by atoms with E-state index in [1.165, 1.54) is 24.3 Å². The number of rotatable bonds is 6. The lowest BCUT2D eigenvalue weighted by Gasteiger charge is -2.14. The Morgan fingerprint density at radius 2 is 2.00 bits per heavy atom. The van der Waals surface area contributed by atoms with Crippen LogP contribution >= 0.6 is 11.6 Å². The highest BCUT2D eigenvalue weighted by Crippen LogP contribution is 2.70. The van der Waals surface area contributed by atoms with E-state index in [-0.39, 0.29) is 44.4 Å². The van der Waals surface area contributed by atoms with Crippen molar-refractivity contribution in [2.75, 3.05) is 23.9 Å². The Morgan fingerprint density at radius 3 is 2.63 bits per heavy atom. The summed E-state index contributed by atoms with van der Waals surface area (Å²) in [6.07, 6.45) is 3.84. The second-order valence-corrected chi connectivity index (χ2v) is 10.0. The van der Waals surface area contributed by atoms with Crippen molar-refractivity contribution >= 4 is 50.4 Å². The quantitative estimate of drug-likeness (QED) is 0.613. The van der Waals surface area contributed by atoms with Gasteiger partial charge in [0.25, 0.3) is 5.91 Å². The summed E-state index contributed by atoms with van der Waals surface area (Å²) >= 11 is 5.94. The molecule has 1 atom stereocenters. The second kappa shape index (κ2) is 7.21. The summed E-state index contributed by atoms with van der Waals surface area (Å²) in [4.78, 5) is 24.8. The minimum absolute atomic E-state index is 0.0329. The van der Waals surface area contributed by atoms with Crippen molar-refractivity contribution in [3.05, 3.63) is 35.0 Å². The van der Waals surface area contributed by atoms with Crippen molar-refractivity contribution in [2.24, 2.45) is 11.3 Å². The van der Waals surface area contributed by atoms with Crippen LogP contribution in [0.2, 0.25) is 5.02 Å². The standard InChI is InChI=1S/C19H20ClN5O4S/c1-21-18(27)16-13(22-12-4-3-10(20)7-14(12)30(2,28)29)8-15(24-25-16)23-17(26)11-9-19(11)5-6-19/h3-4,7-8,11H,5-6,9H2,1-2H3,(H,21,27)(H2,22,23,24,26)/t11-/m1/s1/i1D3. The number of hydrogen-bond acceptors (Lipinski definition) is 7. The molecular formula is C19H20ClN5O4S. The lowest BCUT2D eigenvalue weighted by Crippen LogP contribution is -2.23. The van der Waals surface area contributed by atoms with E-state index >= 15 is 0 Å². The molecule has 0 bridgehead atoms. The number of benzene rings is 1. The topological polar surface area (TPSA) is 130 Å². The van der Waals surface area contributed by atoms with Crippen LogP contribution in [0.25, 0.3) is 0 Å². The molecule has 0 aliphatic heterocycles. The van der Waals surface area contributed by atoms with Crippen LogP contribution in [0.4, 0.5) is 17.2 Å². The fourth-order valence-corrected chi connectivity index (χ4v) is 4.57. The number of anilines is 3. The summed E-state index contributed by atoms with van der Waals surface area (Å²) in [6.45, 7) is -2.79. The Kier molecular flexibility index (Phi) is 4.09. The molecule has 158 valence electrons. The molecule has 9 nitrogen and oxygen atoms in total. The second-order valence-electron chi connectivity index (χ2n) is 7.59. The molecule has 0 saturated heterocycles. The number of nitrogens with one attached hydrogen (secondary N) is 3. The Labute approximate surface area is 182 Å². The van der Waals surface area contributed by atoms with Gasteiger partial charge in [-0.3, -0.25) is 9.59 Å². The van der Waals surface area contributed by atoms with E-state index < -0.39 is 28.4 Å². The third-order valence-corrected chi connectivity index (χ3v) is 6.76. The first kappa shape index (κ1) is 17.0. The molecule has 2 aliphatic carbocycles. The normalized spacial score (nSPS) is 20.5. The van der Waals surface area contributed by atoms with Crippen LogP contribution in [0.3, 0.4) is 0 Å². The Balaban J connectivity index is 1.69. The summed E-state index contributed by atoms with van der Waals surface area (Å²) in [5.74, 6) is -1.33. The van der Waals surface area contributed by atoms with Crippen LogP contribution in [0.15, 0.2) is 29.2 Å². The largest absolute Gasteiger partial charge is 0.354 e. The predicted octanol–water partition coefficient (Wildman–Crippen LogP) is 2.38. The third-order valence-electron chi connectivity index (χ3n) is 5.38. The smallest absolute Gasteiger partial charge is 0.273 e. The fraction of sp³-hybridized carbons (Fsp3) is 0.368. The van der Waals surface area contributed by atoms with Gasteiger partial charge in [0.05, 0.1) is 16.3 Å². The van der Waals surface area contributed by atoms with E-state index in [0.29, 0.717) is 0 Å². The Hall–Kier alpha value is -2.72. The van der Waals surface area contributed by atoms with Crippen LogP contribution < -0.4 is 16.0 Å². The van der Waals surface area contributed by atoms with Crippen molar-refractivity contribution in [2.45, 2.75) is 24.2 Å². The molecule has 2 amide bonds. The SMILES string of the molecule is [2H]C([2H])([2H])NC(=O)c1nnc(NC(=O)[C@H]2CC23CC3)cc1Nc1ccc(Cl)cc1S(C)(=O)=O. The lowest BCUT2D eigenvalue weighted by molar-refractivity contribution is -0.117. The highest BCUT2D eigenvalue weighted by molar-refractivity contribution is 7.90. The highest BCUT2D eigenvalue weighted by atomic mass is 35.5. The van der Waals surface area contributed by atoms with Crippen LogP contribution in [-0.4, -0.2) is 43.7 Å². The summed E-state index contributed by atoms with van der Waals surface area (Å²) in [5, 5.41) is 15.1. The maximum atomic E-state index is 12.5. The van der Waals surface area contributed by atoms with Gasteiger partial charge in [0.2, 0.25) is 5.91 Å². The van der Waals surface area contributed by atoms with Gasteiger partial charge in [-0.15, -0.1) is 10.2 Å². The molecular weight excluding hydrogens is 430 g/mol. The van der Waals surface area contributed by atoms with Gasteiger partial charge < -0.3 is 16.0 Å². The van der Waals surface area contributed by atoms with Crippen LogP contribution in [0.1, 0.15) is 33.9 Å². The monoisotopic (exact) mass is 452 g/mol. The van der Waals surface area contributed by atoms with E-state index in [2.05, 4.69) is 20.8 Å². The zero-order valence-electron chi connectivity index (χ0n) is 18.8. The minimum Gasteiger partial charge on any atom is -0.354 e. The predicted molar refractivity (Wildman–Crippen MR) is 112 cm³/mol. The summed E-state index contributed by atoms with van der Waals surface area (Å²) < 4.78 is 46.2. The zero-order valence-corrected chi connectivity index (χ0v) is 17.4. The third kappa shape index (κ3) is 3.97. The molecule has 2 saturated carbocycles. The van der Waals surface area contributed by atoms with Crippen molar-refractivity contribution in [1.82, 2.24) is 15.5 Å². The number of nitrogens with zero attached hydrogens (tertiary/aromatic N) is 2. The van der Waals surface area contributed by atoms with Gasteiger partial charge in [0.1, 0.15) is 0 Å². The number of amides is 2. The molecule has 11 heteroatoms. The molecule has 4 rings (SSSR count). The van der Waals surface area contributed by atoms with E-state index in [0.717, 1.165) is 25.5 Å². The van der Waals surface area contributed by atoms with Gasteiger partial charge in [-0.25, -0.2) is 8.42 Å². The number of halogens is 1. The first-order valence-corrected chi connectivity index (χ1v) is 11.3. The van der Waals surface area contributed by atoms with Gasteiger partial charge in [0, 0.05) is 34.4 Å². The zero-order chi connectivity index (χ0) is 24.2. The highest BCUT2D eigenvalue weighted by Gasteiger charge is 2.65. The molecule has 3 N–H and O–H groups in total. The van der Waals surface area contributed by atoms with Crippen molar-refractivity contribution in [1.29, 1.82) is 0 Å². The first-order chi connectivity index (χ1) is 15.3. The molecule has 1 aromatic heterocycles. The molecule has 2 aliphatic rings. The van der Waals surface area contributed by atoms with Gasteiger partial charge in [-0.1, -0.05) is 11.6 Å². The van der Waals surface area contributed by atoms with E-state index in [1.54, 1.807) is 0 Å². The summed E-state index contributed by atoms with van der Waals surface area (Å²) in [5.41, 5.74) is -0.254. The summed E-state index contributed by atoms with van der Waals surface area (Å²) in [7, 11) is -3.72.